The lowest BCUT2D eigenvalue weighted by Crippen LogP contribution is -2.39. The van der Waals surface area contributed by atoms with Gasteiger partial charge >= 0.3 is 0 Å². The molecule has 0 amide bonds. The van der Waals surface area contributed by atoms with Gasteiger partial charge in [0.2, 0.25) is 10.1 Å². The van der Waals surface area contributed by atoms with Gasteiger partial charge in [-0.3, -0.25) is 4.79 Å². The topological polar surface area (TPSA) is 75.4 Å². The molecule has 0 saturated carbocycles. The number of aryl methyl sites for hydroxylation is 1. The van der Waals surface area contributed by atoms with Gasteiger partial charge in [0.05, 0.1) is 0 Å². The van der Waals surface area contributed by atoms with E-state index in [0.29, 0.717) is 11.0 Å². The number of aromatic nitrogens is 4. The second-order valence-corrected chi connectivity index (χ2v) is 6.87. The summed E-state index contributed by atoms with van der Waals surface area (Å²) >= 11 is 1.46. The molecule has 0 radical (unpaired) electrons. The number of fused-ring (bicyclic) bond motifs is 1. The Morgan fingerprint density at radius 3 is 2.83 bits per heavy atom. The van der Waals surface area contributed by atoms with Gasteiger partial charge in [0.15, 0.2) is 0 Å². The third-order valence-electron chi connectivity index (χ3n) is 4.17. The molecular formula is C16H18N6OS. The lowest BCUT2D eigenvalue weighted by Gasteiger charge is -2.32. The van der Waals surface area contributed by atoms with Crippen LogP contribution in [-0.2, 0) is 0 Å². The van der Waals surface area contributed by atoms with Gasteiger partial charge in [-0.05, 0) is 31.9 Å². The third-order valence-corrected chi connectivity index (χ3v) is 5.15. The van der Waals surface area contributed by atoms with E-state index in [1.54, 1.807) is 0 Å². The Kier molecular flexibility index (Phi) is 3.89. The maximum atomic E-state index is 11.8. The second kappa shape index (κ2) is 6.20. The van der Waals surface area contributed by atoms with Crippen LogP contribution in [0.3, 0.4) is 0 Å². The first kappa shape index (κ1) is 15.1. The molecule has 3 aromatic heterocycles. The maximum Gasteiger partial charge on any atom is 0.275 e. The number of rotatable bonds is 3. The van der Waals surface area contributed by atoms with Crippen LogP contribution in [0.2, 0.25) is 0 Å². The zero-order chi connectivity index (χ0) is 16.5. The van der Waals surface area contributed by atoms with Crippen LogP contribution < -0.4 is 15.8 Å². The van der Waals surface area contributed by atoms with E-state index in [2.05, 4.69) is 25.3 Å². The van der Waals surface area contributed by atoms with E-state index in [4.69, 9.17) is 0 Å². The molecule has 0 unspecified atom stereocenters. The van der Waals surface area contributed by atoms with Crippen molar-refractivity contribution in [2.24, 2.45) is 0 Å². The Bertz CT molecular complexity index is 912. The fourth-order valence-corrected chi connectivity index (χ4v) is 3.84. The molecule has 3 aromatic rings. The minimum Gasteiger partial charge on any atom is -0.367 e. The van der Waals surface area contributed by atoms with Crippen LogP contribution in [0.1, 0.15) is 18.5 Å². The molecule has 1 saturated heterocycles. The fraction of sp³-hybridized carbons (Fsp3) is 0.375. The molecule has 1 fully saturated rings. The minimum atomic E-state index is -0.135. The average Bonchev–Trinajstić information content (AvgIpc) is 3.01. The summed E-state index contributed by atoms with van der Waals surface area (Å²) in [5.74, 6) is 0.934. The van der Waals surface area contributed by atoms with Gasteiger partial charge in [-0.25, -0.2) is 9.97 Å². The van der Waals surface area contributed by atoms with E-state index in [-0.39, 0.29) is 5.56 Å². The third kappa shape index (κ3) is 2.96. The molecule has 24 heavy (non-hydrogen) atoms. The molecule has 7 nitrogen and oxygen atoms in total. The molecule has 0 spiro atoms. The first-order chi connectivity index (χ1) is 11.7. The lowest BCUT2D eigenvalue weighted by atomic mass is 10.1. The Hall–Kier alpha value is -2.48. The monoisotopic (exact) mass is 342 g/mol. The summed E-state index contributed by atoms with van der Waals surface area (Å²) in [5, 5.41) is 8.78. The molecule has 1 aliphatic rings. The van der Waals surface area contributed by atoms with Crippen LogP contribution in [0, 0.1) is 6.92 Å². The Morgan fingerprint density at radius 1 is 1.25 bits per heavy atom. The molecule has 4 heterocycles. The Morgan fingerprint density at radius 2 is 2.08 bits per heavy atom. The number of hydrogen-bond acceptors (Lipinski definition) is 7. The molecule has 0 aromatic carbocycles. The van der Waals surface area contributed by atoms with Gasteiger partial charge in [0.1, 0.15) is 5.82 Å². The number of piperidine rings is 1. The quantitative estimate of drug-likeness (QED) is 0.784. The van der Waals surface area contributed by atoms with Crippen molar-refractivity contribution in [2.45, 2.75) is 25.8 Å². The Balaban J connectivity index is 1.43. The fourth-order valence-electron chi connectivity index (χ4n) is 2.91. The van der Waals surface area contributed by atoms with Crippen LogP contribution >= 0.6 is 11.3 Å². The molecule has 0 bridgehead atoms. The molecule has 8 heteroatoms. The summed E-state index contributed by atoms with van der Waals surface area (Å²) in [6.45, 7) is 3.80. The van der Waals surface area contributed by atoms with E-state index < -0.39 is 0 Å². The van der Waals surface area contributed by atoms with Crippen LogP contribution in [0.15, 0.2) is 35.3 Å². The SMILES string of the molecule is Cc1cccc(NC2CCN(c3nn4c(=O)ccnc4s3)CC2)n1. The van der Waals surface area contributed by atoms with Crippen molar-refractivity contribution >= 4 is 27.2 Å². The van der Waals surface area contributed by atoms with Gasteiger partial charge in [-0.2, -0.15) is 4.52 Å². The van der Waals surface area contributed by atoms with E-state index in [0.717, 1.165) is 42.6 Å². The number of nitrogens with one attached hydrogen (secondary N) is 1. The molecule has 0 atom stereocenters. The molecule has 1 N–H and O–H groups in total. The first-order valence-electron chi connectivity index (χ1n) is 7.99. The second-order valence-electron chi connectivity index (χ2n) is 5.93. The van der Waals surface area contributed by atoms with Gasteiger partial charge < -0.3 is 10.2 Å². The van der Waals surface area contributed by atoms with E-state index in [9.17, 15) is 4.79 Å². The van der Waals surface area contributed by atoms with Crippen molar-refractivity contribution in [2.75, 3.05) is 23.3 Å². The molecule has 4 rings (SSSR count). The number of anilines is 2. The Labute approximate surface area is 143 Å². The van der Waals surface area contributed by atoms with Crippen molar-refractivity contribution < 1.29 is 0 Å². The van der Waals surface area contributed by atoms with Crippen LogP contribution in [0.25, 0.3) is 4.96 Å². The van der Waals surface area contributed by atoms with Crippen LogP contribution in [-0.4, -0.2) is 38.7 Å². The summed E-state index contributed by atoms with van der Waals surface area (Å²) in [6, 6.07) is 7.86. The van der Waals surface area contributed by atoms with Crippen LogP contribution in [0.5, 0.6) is 0 Å². The highest BCUT2D eigenvalue weighted by Crippen LogP contribution is 2.25. The zero-order valence-corrected chi connectivity index (χ0v) is 14.2. The number of nitrogens with zero attached hydrogens (tertiary/aromatic N) is 5. The highest BCUT2D eigenvalue weighted by atomic mass is 32.1. The normalized spacial score (nSPS) is 15.8. The van der Waals surface area contributed by atoms with E-state index in [1.807, 2.05) is 25.1 Å². The highest BCUT2D eigenvalue weighted by Gasteiger charge is 2.22. The lowest BCUT2D eigenvalue weighted by molar-refractivity contribution is 0.523. The van der Waals surface area contributed by atoms with Gasteiger partial charge in [0.25, 0.3) is 5.56 Å². The van der Waals surface area contributed by atoms with Gasteiger partial charge in [-0.15, -0.1) is 5.10 Å². The summed E-state index contributed by atoms with van der Waals surface area (Å²) in [7, 11) is 0. The van der Waals surface area contributed by atoms with Crippen LogP contribution in [0.4, 0.5) is 10.9 Å². The van der Waals surface area contributed by atoms with Crippen molar-refractivity contribution in [3.63, 3.8) is 0 Å². The first-order valence-corrected chi connectivity index (χ1v) is 8.81. The average molecular weight is 342 g/mol. The summed E-state index contributed by atoms with van der Waals surface area (Å²) in [5.41, 5.74) is 0.884. The zero-order valence-electron chi connectivity index (χ0n) is 13.3. The summed E-state index contributed by atoms with van der Waals surface area (Å²) in [6.07, 6.45) is 3.55. The van der Waals surface area contributed by atoms with Crippen molar-refractivity contribution in [3.05, 3.63) is 46.5 Å². The van der Waals surface area contributed by atoms with Gasteiger partial charge in [0, 0.05) is 37.1 Å². The summed E-state index contributed by atoms with van der Waals surface area (Å²) in [4.78, 5) is 23.4. The van der Waals surface area contributed by atoms with E-state index in [1.165, 1.54) is 28.1 Å². The molecule has 124 valence electrons. The molecule has 0 aliphatic carbocycles. The van der Waals surface area contributed by atoms with E-state index >= 15 is 0 Å². The standard InChI is InChI=1S/C16H18N6OS/c1-11-3-2-4-13(18-11)19-12-6-9-21(10-7-12)16-20-22-14(23)5-8-17-15(22)24-16/h2-5,8,12H,6-7,9-10H2,1H3,(H,18,19). The largest absolute Gasteiger partial charge is 0.367 e. The van der Waals surface area contributed by atoms with Crippen molar-refractivity contribution in [1.29, 1.82) is 0 Å². The maximum absolute atomic E-state index is 11.8. The van der Waals surface area contributed by atoms with Crippen molar-refractivity contribution in [1.82, 2.24) is 19.6 Å². The smallest absolute Gasteiger partial charge is 0.275 e. The molecule has 1 aliphatic heterocycles. The van der Waals surface area contributed by atoms with Gasteiger partial charge in [-0.1, -0.05) is 17.4 Å². The van der Waals surface area contributed by atoms with Crippen molar-refractivity contribution in [3.8, 4) is 0 Å². The predicted octanol–water partition coefficient (Wildman–Crippen LogP) is 1.94. The summed E-state index contributed by atoms with van der Waals surface area (Å²) < 4.78 is 1.38. The highest BCUT2D eigenvalue weighted by molar-refractivity contribution is 7.20. The number of pyridine rings is 1. The number of hydrogen-bond donors (Lipinski definition) is 1. The minimum absolute atomic E-state index is 0.135. The predicted molar refractivity (Wildman–Crippen MR) is 95.0 cm³/mol. The molecular weight excluding hydrogens is 324 g/mol.